The molecule has 1 aromatic heterocycles. The Balaban J connectivity index is 1.41. The number of aromatic nitrogens is 2. The van der Waals surface area contributed by atoms with E-state index in [4.69, 9.17) is 4.74 Å². The molecule has 1 aliphatic carbocycles. The van der Waals surface area contributed by atoms with Gasteiger partial charge in [0.25, 0.3) is 0 Å². The van der Waals surface area contributed by atoms with E-state index in [0.29, 0.717) is 11.6 Å². The highest BCUT2D eigenvalue weighted by molar-refractivity contribution is 8.00. The zero-order valence-electron chi connectivity index (χ0n) is 18.1. The Labute approximate surface area is 191 Å². The minimum absolute atomic E-state index is 0.0776. The summed E-state index contributed by atoms with van der Waals surface area (Å²) in [6.45, 7) is 5.02. The number of fused-ring (bicyclic) bond motifs is 1. The number of rotatable bonds is 8. The number of morpholine rings is 1. The molecule has 172 valence electrons. The first-order valence-electron chi connectivity index (χ1n) is 11.2. The highest BCUT2D eigenvalue weighted by atomic mass is 32.2. The van der Waals surface area contributed by atoms with E-state index < -0.39 is 5.82 Å². The van der Waals surface area contributed by atoms with Gasteiger partial charge in [-0.25, -0.2) is 9.18 Å². The number of carbonyl (C=O) groups excluding carboxylic acids is 1. The second-order valence-corrected chi connectivity index (χ2v) is 9.07. The first kappa shape index (κ1) is 22.9. The van der Waals surface area contributed by atoms with E-state index in [2.05, 4.69) is 15.2 Å². The summed E-state index contributed by atoms with van der Waals surface area (Å²) in [6, 6.07) is 6.07. The van der Waals surface area contributed by atoms with Crippen LogP contribution in [0.5, 0.6) is 0 Å². The molecule has 0 bridgehead atoms. The standard InChI is InChI=1S/C23H29FN4O3S/c24-18-7-2-3-8-19(18)25-21(29)16-32-22-17-6-1-4-9-20(17)28(23(30)26-22)11-5-10-27-12-14-31-15-13-27/h2-3,7-8H,1,4-6,9-16H2,(H,25,29). The minimum atomic E-state index is -0.471. The van der Waals surface area contributed by atoms with Crippen molar-refractivity contribution in [2.45, 2.75) is 43.7 Å². The third-order valence-corrected chi connectivity index (χ3v) is 6.92. The van der Waals surface area contributed by atoms with Crippen LogP contribution in [-0.2, 0) is 28.9 Å². The minimum Gasteiger partial charge on any atom is -0.379 e. The molecule has 0 unspecified atom stereocenters. The summed E-state index contributed by atoms with van der Waals surface area (Å²) in [7, 11) is 0. The van der Waals surface area contributed by atoms with E-state index >= 15 is 0 Å². The number of para-hydroxylation sites is 1. The summed E-state index contributed by atoms with van der Waals surface area (Å²) in [5.41, 5.74) is 2.06. The Bertz CT molecular complexity index is 1010. The van der Waals surface area contributed by atoms with Gasteiger partial charge in [0.05, 0.1) is 24.7 Å². The molecular weight excluding hydrogens is 431 g/mol. The lowest BCUT2D eigenvalue weighted by Crippen LogP contribution is -2.38. The topological polar surface area (TPSA) is 76.5 Å². The van der Waals surface area contributed by atoms with Gasteiger partial charge in [-0.05, 0) is 44.2 Å². The Morgan fingerprint density at radius 2 is 1.94 bits per heavy atom. The highest BCUT2D eigenvalue weighted by Crippen LogP contribution is 2.28. The van der Waals surface area contributed by atoms with Gasteiger partial charge in [0.2, 0.25) is 5.91 Å². The number of thioether (sulfide) groups is 1. The lowest BCUT2D eigenvalue weighted by molar-refractivity contribution is -0.113. The summed E-state index contributed by atoms with van der Waals surface area (Å²) in [5, 5.41) is 3.22. The summed E-state index contributed by atoms with van der Waals surface area (Å²) in [4.78, 5) is 31.9. The van der Waals surface area contributed by atoms with Crippen LogP contribution in [0.15, 0.2) is 34.1 Å². The Kier molecular flexibility index (Phi) is 7.94. The van der Waals surface area contributed by atoms with Crippen molar-refractivity contribution in [3.05, 3.63) is 51.8 Å². The molecule has 1 aliphatic heterocycles. The third kappa shape index (κ3) is 5.76. The molecule has 1 N–H and O–H groups in total. The number of ether oxygens (including phenoxy) is 1. The maximum Gasteiger partial charge on any atom is 0.348 e. The molecule has 7 nitrogen and oxygen atoms in total. The Morgan fingerprint density at radius 1 is 1.16 bits per heavy atom. The van der Waals surface area contributed by atoms with Crippen molar-refractivity contribution in [1.29, 1.82) is 0 Å². The van der Waals surface area contributed by atoms with Crippen LogP contribution in [0.3, 0.4) is 0 Å². The van der Waals surface area contributed by atoms with Crippen molar-refractivity contribution in [3.63, 3.8) is 0 Å². The predicted molar refractivity (Wildman–Crippen MR) is 123 cm³/mol. The maximum absolute atomic E-state index is 13.8. The van der Waals surface area contributed by atoms with Crippen molar-refractivity contribution >= 4 is 23.4 Å². The molecule has 1 saturated heterocycles. The summed E-state index contributed by atoms with van der Waals surface area (Å²) in [6.07, 6.45) is 4.72. The fourth-order valence-corrected chi connectivity index (χ4v) is 5.13. The number of nitrogens with one attached hydrogen (secondary N) is 1. The molecule has 2 aromatic rings. The van der Waals surface area contributed by atoms with Crippen LogP contribution in [0, 0.1) is 5.82 Å². The van der Waals surface area contributed by atoms with Gasteiger partial charge in [-0.2, -0.15) is 4.98 Å². The molecule has 2 heterocycles. The van der Waals surface area contributed by atoms with Crippen molar-refractivity contribution in [3.8, 4) is 0 Å². The lowest BCUT2D eigenvalue weighted by atomic mass is 9.97. The smallest absolute Gasteiger partial charge is 0.348 e. The third-order valence-electron chi connectivity index (χ3n) is 5.90. The summed E-state index contributed by atoms with van der Waals surface area (Å²) in [5.74, 6) is -0.712. The first-order chi connectivity index (χ1) is 15.6. The number of anilines is 1. The molecule has 0 saturated carbocycles. The van der Waals surface area contributed by atoms with Crippen LogP contribution < -0.4 is 11.0 Å². The quantitative estimate of drug-likeness (QED) is 0.482. The van der Waals surface area contributed by atoms with Gasteiger partial charge in [0, 0.05) is 37.4 Å². The second-order valence-electron chi connectivity index (χ2n) is 8.11. The van der Waals surface area contributed by atoms with Crippen LogP contribution in [0.25, 0.3) is 0 Å². The van der Waals surface area contributed by atoms with Crippen molar-refractivity contribution in [1.82, 2.24) is 14.5 Å². The molecule has 32 heavy (non-hydrogen) atoms. The van der Waals surface area contributed by atoms with Gasteiger partial charge in [-0.1, -0.05) is 23.9 Å². The van der Waals surface area contributed by atoms with Gasteiger partial charge < -0.3 is 10.1 Å². The molecule has 2 aliphatic rings. The molecule has 1 amide bonds. The van der Waals surface area contributed by atoms with E-state index in [0.717, 1.165) is 76.2 Å². The monoisotopic (exact) mass is 460 g/mol. The first-order valence-corrected chi connectivity index (χ1v) is 12.2. The number of hydrogen-bond acceptors (Lipinski definition) is 6. The molecular formula is C23H29FN4O3S. The maximum atomic E-state index is 13.8. The van der Waals surface area contributed by atoms with Gasteiger partial charge in [-0.15, -0.1) is 0 Å². The fourth-order valence-electron chi connectivity index (χ4n) is 4.26. The molecule has 1 fully saturated rings. The van der Waals surface area contributed by atoms with E-state index in [-0.39, 0.29) is 23.0 Å². The van der Waals surface area contributed by atoms with E-state index in [1.165, 1.54) is 23.9 Å². The number of nitrogens with zero attached hydrogens (tertiary/aromatic N) is 3. The molecule has 0 radical (unpaired) electrons. The highest BCUT2D eigenvalue weighted by Gasteiger charge is 2.21. The average molecular weight is 461 g/mol. The number of carbonyl (C=O) groups is 1. The summed E-state index contributed by atoms with van der Waals surface area (Å²) >= 11 is 1.26. The van der Waals surface area contributed by atoms with Gasteiger partial charge in [0.1, 0.15) is 10.8 Å². The van der Waals surface area contributed by atoms with Gasteiger partial charge >= 0.3 is 5.69 Å². The van der Waals surface area contributed by atoms with Crippen LogP contribution >= 0.6 is 11.8 Å². The second kappa shape index (κ2) is 11.1. The number of amides is 1. The van der Waals surface area contributed by atoms with Crippen LogP contribution in [0.2, 0.25) is 0 Å². The van der Waals surface area contributed by atoms with Crippen LogP contribution in [0.1, 0.15) is 30.5 Å². The van der Waals surface area contributed by atoms with E-state index in [1.807, 2.05) is 4.57 Å². The Morgan fingerprint density at radius 3 is 2.75 bits per heavy atom. The average Bonchev–Trinajstić information content (AvgIpc) is 2.81. The van der Waals surface area contributed by atoms with E-state index in [9.17, 15) is 14.0 Å². The SMILES string of the molecule is O=C(CSc1nc(=O)n(CCCN2CCOCC2)c2c1CCCC2)Nc1ccccc1F. The largest absolute Gasteiger partial charge is 0.379 e. The lowest BCUT2D eigenvalue weighted by Gasteiger charge is -2.27. The van der Waals surface area contributed by atoms with Crippen molar-refractivity contribution < 1.29 is 13.9 Å². The predicted octanol–water partition coefficient (Wildman–Crippen LogP) is 2.71. The number of benzene rings is 1. The Hall–Kier alpha value is -2.23. The number of hydrogen-bond donors (Lipinski definition) is 1. The van der Waals surface area contributed by atoms with Gasteiger partial charge in [-0.3, -0.25) is 14.3 Å². The van der Waals surface area contributed by atoms with Crippen molar-refractivity contribution in [2.24, 2.45) is 0 Å². The van der Waals surface area contributed by atoms with Crippen LogP contribution in [-0.4, -0.2) is 59.0 Å². The fraction of sp³-hybridized carbons (Fsp3) is 0.522. The number of halogens is 1. The molecule has 0 spiro atoms. The molecule has 0 atom stereocenters. The zero-order valence-corrected chi connectivity index (χ0v) is 19.0. The molecule has 1 aromatic carbocycles. The van der Waals surface area contributed by atoms with Crippen LogP contribution in [0.4, 0.5) is 10.1 Å². The molecule has 4 rings (SSSR count). The zero-order chi connectivity index (χ0) is 22.3. The van der Waals surface area contributed by atoms with E-state index in [1.54, 1.807) is 12.1 Å². The van der Waals surface area contributed by atoms with Gasteiger partial charge in [0.15, 0.2) is 0 Å². The normalized spacial score (nSPS) is 16.5. The molecule has 9 heteroatoms. The summed E-state index contributed by atoms with van der Waals surface area (Å²) < 4.78 is 21.0. The van der Waals surface area contributed by atoms with Crippen molar-refractivity contribution in [2.75, 3.05) is 43.9 Å².